The van der Waals surface area contributed by atoms with E-state index < -0.39 is 0 Å². The number of piperidine rings is 1. The molecule has 0 aromatic carbocycles. The molecule has 27 heavy (non-hydrogen) atoms. The fourth-order valence-corrected chi connectivity index (χ4v) is 4.08. The van der Waals surface area contributed by atoms with E-state index in [4.69, 9.17) is 4.52 Å². The molecule has 2 aromatic heterocycles. The van der Waals surface area contributed by atoms with Crippen molar-refractivity contribution in [2.75, 3.05) is 13.1 Å². The second kappa shape index (κ2) is 6.75. The summed E-state index contributed by atoms with van der Waals surface area (Å²) >= 11 is 0. The molecule has 3 fully saturated rings. The lowest BCUT2D eigenvalue weighted by molar-refractivity contribution is -0.140. The Morgan fingerprint density at radius 3 is 2.74 bits per heavy atom. The molecule has 0 radical (unpaired) electrons. The van der Waals surface area contributed by atoms with Gasteiger partial charge in [0.25, 0.3) is 5.91 Å². The molecule has 5 rings (SSSR count). The van der Waals surface area contributed by atoms with Crippen LogP contribution >= 0.6 is 0 Å². The van der Waals surface area contributed by atoms with Crippen LogP contribution in [0.4, 0.5) is 0 Å². The third-order valence-electron chi connectivity index (χ3n) is 5.73. The van der Waals surface area contributed by atoms with Crippen molar-refractivity contribution in [3.8, 4) is 0 Å². The van der Waals surface area contributed by atoms with Gasteiger partial charge in [-0.25, -0.2) is 9.97 Å². The molecule has 2 amide bonds. The highest BCUT2D eigenvalue weighted by molar-refractivity contribution is 5.95. The first-order chi connectivity index (χ1) is 13.0. The van der Waals surface area contributed by atoms with Crippen molar-refractivity contribution >= 4 is 11.8 Å². The van der Waals surface area contributed by atoms with Gasteiger partial charge in [-0.05, 0) is 33.6 Å². The molecular weight excluding hydrogens is 346 g/mol. The maximum atomic E-state index is 13.0. The highest BCUT2D eigenvalue weighted by Gasteiger charge is 2.42. The zero-order valence-electron chi connectivity index (χ0n) is 15.8. The molecule has 0 spiro atoms. The van der Waals surface area contributed by atoms with Crippen LogP contribution in [-0.4, -0.2) is 55.9 Å². The molecule has 2 bridgehead atoms. The standard InChI is InChI=1S/C19H23N5O3/c1-11-16(6-20-10-21-11)19(26)23-7-14-4-5-15(8-23)24(18(14)25)9-17-12(2)22-27-13(17)3/h6,10,14-15H,4-5,7-9H2,1-3H3/t14-,15+/m1/s1. The van der Waals surface area contributed by atoms with Crippen molar-refractivity contribution in [1.82, 2.24) is 24.9 Å². The SMILES string of the molecule is Cc1ncncc1C(=O)N1C[C@H]2CC[C@@H](C1)N(Cc1c(C)noc1C)C2=O. The molecule has 0 unspecified atom stereocenters. The predicted molar refractivity (Wildman–Crippen MR) is 95.7 cm³/mol. The van der Waals surface area contributed by atoms with Gasteiger partial charge in [0.15, 0.2) is 0 Å². The quantitative estimate of drug-likeness (QED) is 0.817. The van der Waals surface area contributed by atoms with Crippen LogP contribution in [0.5, 0.6) is 0 Å². The lowest BCUT2D eigenvalue weighted by atomic mass is 9.93. The lowest BCUT2D eigenvalue weighted by Gasteiger charge is -2.35. The van der Waals surface area contributed by atoms with Gasteiger partial charge in [-0.2, -0.15) is 0 Å². The molecule has 0 N–H and O–H groups in total. The summed E-state index contributed by atoms with van der Waals surface area (Å²) < 4.78 is 5.25. The van der Waals surface area contributed by atoms with Crippen LogP contribution < -0.4 is 0 Å². The molecule has 0 saturated carbocycles. The number of hydrogen-bond acceptors (Lipinski definition) is 6. The minimum atomic E-state index is -0.168. The summed E-state index contributed by atoms with van der Waals surface area (Å²) in [5.41, 5.74) is 2.93. The smallest absolute Gasteiger partial charge is 0.257 e. The number of hydrogen-bond donors (Lipinski definition) is 0. The normalized spacial score (nSPS) is 22.3. The molecule has 8 nitrogen and oxygen atoms in total. The Labute approximate surface area is 157 Å². The Hall–Kier alpha value is -2.77. The van der Waals surface area contributed by atoms with E-state index in [2.05, 4.69) is 15.1 Å². The van der Waals surface area contributed by atoms with Crippen molar-refractivity contribution in [2.24, 2.45) is 5.92 Å². The maximum Gasteiger partial charge on any atom is 0.257 e. The fraction of sp³-hybridized carbons (Fsp3) is 0.526. The van der Waals surface area contributed by atoms with Gasteiger partial charge in [-0.1, -0.05) is 5.16 Å². The van der Waals surface area contributed by atoms with E-state index in [1.807, 2.05) is 18.7 Å². The summed E-state index contributed by atoms with van der Waals surface area (Å²) in [6.45, 7) is 7.01. The topological polar surface area (TPSA) is 92.4 Å². The molecule has 5 heterocycles. The number of fused-ring (bicyclic) bond motifs is 4. The van der Waals surface area contributed by atoms with Crippen LogP contribution in [-0.2, 0) is 11.3 Å². The van der Waals surface area contributed by atoms with Gasteiger partial charge in [-0.15, -0.1) is 0 Å². The number of aryl methyl sites for hydroxylation is 3. The third kappa shape index (κ3) is 3.09. The van der Waals surface area contributed by atoms with Crippen LogP contribution in [0.15, 0.2) is 17.0 Å². The number of amides is 2. The second-order valence-corrected chi connectivity index (χ2v) is 7.43. The van der Waals surface area contributed by atoms with Crippen LogP contribution in [0.1, 0.15) is 45.9 Å². The van der Waals surface area contributed by atoms with Crippen LogP contribution in [0.3, 0.4) is 0 Å². The number of carbonyl (C=O) groups excluding carboxylic acids is 2. The molecule has 0 aliphatic carbocycles. The minimum Gasteiger partial charge on any atom is -0.361 e. The first-order valence-corrected chi connectivity index (χ1v) is 9.23. The van der Waals surface area contributed by atoms with Gasteiger partial charge in [0.2, 0.25) is 5.91 Å². The van der Waals surface area contributed by atoms with E-state index >= 15 is 0 Å². The number of nitrogens with zero attached hydrogens (tertiary/aromatic N) is 5. The van der Waals surface area contributed by atoms with Gasteiger partial charge in [0.05, 0.1) is 29.4 Å². The molecule has 142 valence electrons. The summed E-state index contributed by atoms with van der Waals surface area (Å²) in [5.74, 6) is 0.586. The molecule has 2 aromatic rings. The third-order valence-corrected chi connectivity index (χ3v) is 5.73. The van der Waals surface area contributed by atoms with E-state index in [0.717, 1.165) is 29.9 Å². The van der Waals surface area contributed by atoms with E-state index in [1.165, 1.54) is 6.33 Å². The molecule has 3 aliphatic heterocycles. The van der Waals surface area contributed by atoms with Crippen molar-refractivity contribution in [2.45, 2.75) is 46.2 Å². The fourth-order valence-electron chi connectivity index (χ4n) is 4.08. The van der Waals surface area contributed by atoms with E-state index in [9.17, 15) is 9.59 Å². The Bertz CT molecular complexity index is 874. The minimum absolute atomic E-state index is 0.00108. The average molecular weight is 369 g/mol. The molecule has 3 aliphatic rings. The van der Waals surface area contributed by atoms with Gasteiger partial charge < -0.3 is 14.3 Å². The van der Waals surface area contributed by atoms with E-state index in [-0.39, 0.29) is 23.8 Å². The Morgan fingerprint density at radius 1 is 1.22 bits per heavy atom. The van der Waals surface area contributed by atoms with Gasteiger partial charge in [-0.3, -0.25) is 9.59 Å². The largest absolute Gasteiger partial charge is 0.361 e. The van der Waals surface area contributed by atoms with Gasteiger partial charge in [0, 0.05) is 30.9 Å². The van der Waals surface area contributed by atoms with E-state index in [1.54, 1.807) is 18.0 Å². The summed E-state index contributed by atoms with van der Waals surface area (Å²) in [4.78, 5) is 37.9. The Balaban J connectivity index is 1.59. The number of carbonyl (C=O) groups is 2. The monoisotopic (exact) mass is 369 g/mol. The van der Waals surface area contributed by atoms with Gasteiger partial charge >= 0.3 is 0 Å². The number of rotatable bonds is 3. The highest BCUT2D eigenvalue weighted by Crippen LogP contribution is 2.32. The summed E-state index contributed by atoms with van der Waals surface area (Å²) in [7, 11) is 0. The Kier molecular flexibility index (Phi) is 4.41. The molecule has 8 heteroatoms. The molecular formula is C19H23N5O3. The molecule has 3 saturated heterocycles. The van der Waals surface area contributed by atoms with Crippen LogP contribution in [0.25, 0.3) is 0 Å². The average Bonchev–Trinajstić information content (AvgIpc) is 2.83. The second-order valence-electron chi connectivity index (χ2n) is 7.43. The van der Waals surface area contributed by atoms with Crippen molar-refractivity contribution < 1.29 is 14.1 Å². The lowest BCUT2D eigenvalue weighted by Crippen LogP contribution is -2.47. The maximum absolute atomic E-state index is 13.0. The van der Waals surface area contributed by atoms with E-state index in [0.29, 0.717) is 30.9 Å². The first-order valence-electron chi connectivity index (χ1n) is 9.23. The van der Waals surface area contributed by atoms with Gasteiger partial charge in [0.1, 0.15) is 12.1 Å². The zero-order chi connectivity index (χ0) is 19.1. The highest BCUT2D eigenvalue weighted by atomic mass is 16.5. The first kappa shape index (κ1) is 17.6. The predicted octanol–water partition coefficient (Wildman–Crippen LogP) is 1.65. The van der Waals surface area contributed by atoms with Crippen LogP contribution in [0, 0.1) is 26.7 Å². The van der Waals surface area contributed by atoms with Crippen molar-refractivity contribution in [1.29, 1.82) is 0 Å². The summed E-state index contributed by atoms with van der Waals surface area (Å²) in [6, 6.07) is -0.00108. The Morgan fingerprint density at radius 2 is 2.04 bits per heavy atom. The van der Waals surface area contributed by atoms with Crippen LogP contribution in [0.2, 0.25) is 0 Å². The number of aromatic nitrogens is 3. The van der Waals surface area contributed by atoms with Crippen molar-refractivity contribution in [3.05, 3.63) is 40.8 Å². The summed E-state index contributed by atoms with van der Waals surface area (Å²) in [6.07, 6.45) is 4.71. The van der Waals surface area contributed by atoms with Crippen molar-refractivity contribution in [3.63, 3.8) is 0 Å². The zero-order valence-corrected chi connectivity index (χ0v) is 15.8. The molecule has 2 atom stereocenters. The summed E-state index contributed by atoms with van der Waals surface area (Å²) in [5, 5.41) is 3.99.